The van der Waals surface area contributed by atoms with E-state index in [9.17, 15) is 4.79 Å². The van der Waals surface area contributed by atoms with E-state index in [0.29, 0.717) is 35.6 Å². The summed E-state index contributed by atoms with van der Waals surface area (Å²) in [5.41, 5.74) is 1.17. The van der Waals surface area contributed by atoms with Crippen molar-refractivity contribution in [2.24, 2.45) is 0 Å². The van der Waals surface area contributed by atoms with Crippen molar-refractivity contribution in [2.45, 2.75) is 32.0 Å². The van der Waals surface area contributed by atoms with Gasteiger partial charge in [0.25, 0.3) is 5.91 Å². The molecule has 0 bridgehead atoms. The van der Waals surface area contributed by atoms with Crippen LogP contribution in [0.15, 0.2) is 42.9 Å². The lowest BCUT2D eigenvalue weighted by Gasteiger charge is -2.14. The molecule has 178 valence electrons. The second-order valence-corrected chi connectivity index (χ2v) is 8.10. The summed E-state index contributed by atoms with van der Waals surface area (Å²) in [6.07, 6.45) is 6.86. The van der Waals surface area contributed by atoms with Gasteiger partial charge in [0, 0.05) is 31.2 Å². The summed E-state index contributed by atoms with van der Waals surface area (Å²) >= 11 is 6.24. The maximum absolute atomic E-state index is 12.9. The number of nitrogens with one attached hydrogen (secondary N) is 3. The molecule has 34 heavy (non-hydrogen) atoms. The largest absolute Gasteiger partial charge is 0.495 e. The van der Waals surface area contributed by atoms with Crippen molar-refractivity contribution >= 4 is 23.3 Å². The number of carbonyl (C=O) groups is 1. The van der Waals surface area contributed by atoms with E-state index in [4.69, 9.17) is 21.1 Å². The third-order valence-corrected chi connectivity index (χ3v) is 5.59. The number of ether oxygens (including phenoxy) is 2. The normalized spacial score (nSPS) is 15.1. The molecule has 0 radical (unpaired) electrons. The molecular weight excluding hydrogens is 458 g/mol. The number of benzene rings is 1. The van der Waals surface area contributed by atoms with E-state index in [1.165, 1.54) is 6.20 Å². The molecule has 3 aromatic rings. The van der Waals surface area contributed by atoms with E-state index in [1.807, 2.05) is 6.07 Å². The molecule has 1 aliphatic heterocycles. The fourth-order valence-corrected chi connectivity index (χ4v) is 3.77. The maximum atomic E-state index is 12.9. The Balaban J connectivity index is 1.48. The Bertz CT molecular complexity index is 1110. The van der Waals surface area contributed by atoms with Gasteiger partial charge in [-0.1, -0.05) is 17.7 Å². The van der Waals surface area contributed by atoms with Gasteiger partial charge in [-0.3, -0.25) is 4.79 Å². The minimum atomic E-state index is -0.355. The number of methoxy groups -OCH3 is 1. The minimum absolute atomic E-state index is 0.179. The molecule has 3 heterocycles. The molecule has 1 amide bonds. The highest BCUT2D eigenvalue weighted by molar-refractivity contribution is 6.32. The van der Waals surface area contributed by atoms with Gasteiger partial charge in [-0.2, -0.15) is 4.98 Å². The van der Waals surface area contributed by atoms with Crippen LogP contribution in [0.3, 0.4) is 0 Å². The summed E-state index contributed by atoms with van der Waals surface area (Å²) in [5, 5.41) is 9.87. The summed E-state index contributed by atoms with van der Waals surface area (Å²) in [6, 6.07) is 7.66. The van der Waals surface area contributed by atoms with E-state index in [2.05, 4.69) is 35.9 Å². The third kappa shape index (κ3) is 6.30. The topological polar surface area (TPSA) is 123 Å². The summed E-state index contributed by atoms with van der Waals surface area (Å²) in [7, 11) is 1.56. The molecule has 1 unspecified atom stereocenters. The predicted octanol–water partition coefficient (Wildman–Crippen LogP) is 2.60. The number of hydrogen-bond acceptors (Lipinski definition) is 9. The Morgan fingerprint density at radius 2 is 2.09 bits per heavy atom. The van der Waals surface area contributed by atoms with Crippen LogP contribution in [0.25, 0.3) is 0 Å². The zero-order valence-electron chi connectivity index (χ0n) is 18.8. The molecule has 2 aromatic heterocycles. The van der Waals surface area contributed by atoms with Gasteiger partial charge < -0.3 is 25.4 Å². The Morgan fingerprint density at radius 3 is 2.82 bits per heavy atom. The van der Waals surface area contributed by atoms with Crippen molar-refractivity contribution in [3.63, 3.8) is 0 Å². The maximum Gasteiger partial charge on any atom is 0.318 e. The molecule has 0 saturated carbocycles. The van der Waals surface area contributed by atoms with Gasteiger partial charge in [0.2, 0.25) is 0 Å². The molecular formula is C23H26ClN7O3. The number of aromatic nitrogens is 4. The highest BCUT2D eigenvalue weighted by Crippen LogP contribution is 2.25. The summed E-state index contributed by atoms with van der Waals surface area (Å²) in [4.78, 5) is 29.8. The first kappa shape index (κ1) is 23.7. The van der Waals surface area contributed by atoms with Crippen LogP contribution in [0.2, 0.25) is 5.02 Å². The fourth-order valence-electron chi connectivity index (χ4n) is 3.49. The van der Waals surface area contributed by atoms with Crippen molar-refractivity contribution in [1.82, 2.24) is 30.6 Å². The van der Waals surface area contributed by atoms with E-state index in [1.54, 1.807) is 37.7 Å². The molecule has 0 aliphatic carbocycles. The quantitative estimate of drug-likeness (QED) is 0.399. The lowest BCUT2D eigenvalue weighted by Crippen LogP contribution is -2.29. The molecule has 0 spiro atoms. The van der Waals surface area contributed by atoms with Gasteiger partial charge in [0.15, 0.2) is 0 Å². The molecule has 11 heteroatoms. The predicted molar refractivity (Wildman–Crippen MR) is 127 cm³/mol. The highest BCUT2D eigenvalue weighted by atomic mass is 35.5. The number of rotatable bonds is 10. The van der Waals surface area contributed by atoms with E-state index in [-0.39, 0.29) is 30.1 Å². The van der Waals surface area contributed by atoms with Gasteiger partial charge in [-0.05, 0) is 43.1 Å². The highest BCUT2D eigenvalue weighted by Gasteiger charge is 2.18. The standard InChI is InChI=1S/C23H26ClN7O3/c1-33-19-6-5-15(10-18(19)24)11-28-21-17(22(32)29-13-20-26-8-3-9-27-20)12-30-23(31-21)34-14-16-4-2-7-25-16/h3,5-6,8-10,12,16,25H,2,4,7,11,13-14H2,1H3,(H,29,32)(H,28,30,31). The molecule has 4 rings (SSSR count). The summed E-state index contributed by atoms with van der Waals surface area (Å²) in [5.74, 6) is 1.09. The molecule has 3 N–H and O–H groups in total. The number of anilines is 1. The lowest BCUT2D eigenvalue weighted by molar-refractivity contribution is 0.0949. The van der Waals surface area contributed by atoms with Gasteiger partial charge in [-0.25, -0.2) is 15.0 Å². The molecule has 1 saturated heterocycles. The van der Waals surface area contributed by atoms with Crippen LogP contribution in [-0.4, -0.2) is 52.1 Å². The number of amides is 1. The molecule has 1 aromatic carbocycles. The van der Waals surface area contributed by atoms with Gasteiger partial charge in [0.05, 0.1) is 18.7 Å². The second kappa shape index (κ2) is 11.6. The Morgan fingerprint density at radius 1 is 1.24 bits per heavy atom. The first-order valence-corrected chi connectivity index (χ1v) is 11.3. The van der Waals surface area contributed by atoms with Crippen LogP contribution in [0.1, 0.15) is 34.6 Å². The van der Waals surface area contributed by atoms with Crippen LogP contribution in [-0.2, 0) is 13.1 Å². The van der Waals surface area contributed by atoms with Gasteiger partial charge in [0.1, 0.15) is 29.6 Å². The first-order chi connectivity index (χ1) is 16.6. The SMILES string of the molecule is COc1ccc(CNc2nc(OCC3CCCN3)ncc2C(=O)NCc2ncccn2)cc1Cl. The number of carbonyl (C=O) groups excluding carboxylic acids is 1. The van der Waals surface area contributed by atoms with E-state index >= 15 is 0 Å². The van der Waals surface area contributed by atoms with Crippen LogP contribution in [0.5, 0.6) is 11.8 Å². The lowest BCUT2D eigenvalue weighted by atomic mass is 10.2. The van der Waals surface area contributed by atoms with E-state index < -0.39 is 0 Å². The Kier molecular flexibility index (Phi) is 8.05. The van der Waals surface area contributed by atoms with Crippen LogP contribution < -0.4 is 25.4 Å². The average molecular weight is 484 g/mol. The number of hydrogen-bond donors (Lipinski definition) is 3. The third-order valence-electron chi connectivity index (χ3n) is 5.29. The summed E-state index contributed by atoms with van der Waals surface area (Å²) < 4.78 is 11.0. The molecule has 10 nitrogen and oxygen atoms in total. The molecule has 1 aliphatic rings. The van der Waals surface area contributed by atoms with Crippen LogP contribution >= 0.6 is 11.6 Å². The van der Waals surface area contributed by atoms with Crippen molar-refractivity contribution in [1.29, 1.82) is 0 Å². The number of halogens is 1. The second-order valence-electron chi connectivity index (χ2n) is 7.69. The molecule has 1 atom stereocenters. The zero-order chi connectivity index (χ0) is 23.8. The van der Waals surface area contributed by atoms with E-state index in [0.717, 1.165) is 24.9 Å². The average Bonchev–Trinajstić information content (AvgIpc) is 3.39. The smallest absolute Gasteiger partial charge is 0.318 e. The van der Waals surface area contributed by atoms with Gasteiger partial charge >= 0.3 is 6.01 Å². The van der Waals surface area contributed by atoms with Crippen LogP contribution in [0, 0.1) is 0 Å². The Labute approximate surface area is 202 Å². The fraction of sp³-hybridized carbons (Fsp3) is 0.348. The van der Waals surface area contributed by atoms with Crippen molar-refractivity contribution < 1.29 is 14.3 Å². The molecule has 1 fully saturated rings. The van der Waals surface area contributed by atoms with Crippen molar-refractivity contribution in [3.05, 3.63) is 64.8 Å². The van der Waals surface area contributed by atoms with Crippen LogP contribution in [0.4, 0.5) is 5.82 Å². The van der Waals surface area contributed by atoms with Crippen molar-refractivity contribution in [3.8, 4) is 11.8 Å². The number of nitrogens with zero attached hydrogens (tertiary/aromatic N) is 4. The van der Waals surface area contributed by atoms with Gasteiger partial charge in [-0.15, -0.1) is 0 Å². The summed E-state index contributed by atoms with van der Waals surface area (Å²) in [6.45, 7) is 2.01. The zero-order valence-corrected chi connectivity index (χ0v) is 19.5. The first-order valence-electron chi connectivity index (χ1n) is 11.0. The minimum Gasteiger partial charge on any atom is -0.495 e. The monoisotopic (exact) mass is 483 g/mol. The van der Waals surface area contributed by atoms with Crippen molar-refractivity contribution in [2.75, 3.05) is 25.6 Å². The Hall–Kier alpha value is -3.50.